The maximum absolute atomic E-state index is 11.4. The first-order chi connectivity index (χ1) is 10.3. The van der Waals surface area contributed by atoms with Crippen LogP contribution < -0.4 is 16.0 Å². The minimum Gasteiger partial charge on any atom is -0.356 e. The van der Waals surface area contributed by atoms with Crippen molar-refractivity contribution in [1.82, 2.24) is 25.7 Å². The van der Waals surface area contributed by atoms with Crippen LogP contribution in [0.1, 0.15) is 26.2 Å². The highest BCUT2D eigenvalue weighted by molar-refractivity contribution is 14.0. The van der Waals surface area contributed by atoms with Crippen molar-refractivity contribution in [1.29, 1.82) is 0 Å². The predicted molar refractivity (Wildman–Crippen MR) is 99.5 cm³/mol. The van der Waals surface area contributed by atoms with Crippen molar-refractivity contribution in [3.8, 4) is 0 Å². The van der Waals surface area contributed by atoms with Gasteiger partial charge in [0.2, 0.25) is 5.91 Å². The van der Waals surface area contributed by atoms with Gasteiger partial charge in [-0.05, 0) is 18.9 Å². The predicted octanol–water partition coefficient (Wildman–Crippen LogP) is 0.973. The molecule has 1 amide bonds. The molecule has 1 aromatic rings. The van der Waals surface area contributed by atoms with Gasteiger partial charge in [0, 0.05) is 52.0 Å². The lowest BCUT2D eigenvalue weighted by molar-refractivity contribution is -0.120. The highest BCUT2D eigenvalue weighted by Gasteiger charge is 2.01. The number of carbonyl (C=O) groups excluding carboxylic acids is 1. The van der Waals surface area contributed by atoms with E-state index in [-0.39, 0.29) is 29.9 Å². The van der Waals surface area contributed by atoms with Crippen LogP contribution in [-0.2, 0) is 11.3 Å². The average molecular weight is 422 g/mol. The quantitative estimate of drug-likeness (QED) is 0.240. The average Bonchev–Trinajstić information content (AvgIpc) is 3.00. The molecule has 0 atom stereocenters. The number of hydrogen-bond donors (Lipinski definition) is 3. The number of amides is 1. The van der Waals surface area contributed by atoms with Gasteiger partial charge in [0.15, 0.2) is 5.96 Å². The van der Waals surface area contributed by atoms with E-state index in [1.54, 1.807) is 13.2 Å². The molecule has 0 bridgehead atoms. The summed E-state index contributed by atoms with van der Waals surface area (Å²) < 4.78 is 1.90. The van der Waals surface area contributed by atoms with Gasteiger partial charge >= 0.3 is 0 Å². The van der Waals surface area contributed by atoms with Crippen LogP contribution >= 0.6 is 24.0 Å². The van der Waals surface area contributed by atoms with Gasteiger partial charge in [-0.25, -0.2) is 0 Å². The molecule has 0 unspecified atom stereocenters. The van der Waals surface area contributed by atoms with Crippen LogP contribution in [0.3, 0.4) is 0 Å². The zero-order chi connectivity index (χ0) is 15.3. The molecule has 0 radical (unpaired) electrons. The normalized spacial score (nSPS) is 10.7. The van der Waals surface area contributed by atoms with Crippen LogP contribution in [-0.4, -0.2) is 48.3 Å². The lowest BCUT2D eigenvalue weighted by atomic mass is 10.3. The molecule has 22 heavy (non-hydrogen) atoms. The van der Waals surface area contributed by atoms with Crippen molar-refractivity contribution in [3.05, 3.63) is 18.5 Å². The summed E-state index contributed by atoms with van der Waals surface area (Å²) >= 11 is 0. The summed E-state index contributed by atoms with van der Waals surface area (Å²) in [5.74, 6) is 0.789. The molecule has 0 fully saturated rings. The van der Waals surface area contributed by atoms with E-state index in [0.29, 0.717) is 13.0 Å². The van der Waals surface area contributed by atoms with Crippen molar-refractivity contribution in [3.63, 3.8) is 0 Å². The number of guanidine groups is 1. The van der Waals surface area contributed by atoms with E-state index in [1.165, 1.54) is 0 Å². The van der Waals surface area contributed by atoms with E-state index in [4.69, 9.17) is 0 Å². The summed E-state index contributed by atoms with van der Waals surface area (Å²) in [6.45, 7) is 5.03. The van der Waals surface area contributed by atoms with Crippen molar-refractivity contribution in [2.24, 2.45) is 4.99 Å². The molecule has 0 aliphatic rings. The number of hydrogen-bond acceptors (Lipinski definition) is 3. The molecule has 0 aliphatic heterocycles. The van der Waals surface area contributed by atoms with Crippen molar-refractivity contribution in [2.45, 2.75) is 32.7 Å². The third-order valence-corrected chi connectivity index (χ3v) is 2.86. The standard InChI is InChI=1S/C14H26N6O.HI/c1-3-7-16-13(21)6-10-18-14(15-2)17-8-4-11-20-12-5-9-19-20;/h5,9,12H,3-4,6-8,10-11H2,1-2H3,(H,16,21)(H2,15,17,18);1H. The number of halogens is 1. The maximum Gasteiger partial charge on any atom is 0.221 e. The summed E-state index contributed by atoms with van der Waals surface area (Å²) in [7, 11) is 1.72. The summed E-state index contributed by atoms with van der Waals surface area (Å²) in [5, 5.41) is 13.3. The summed E-state index contributed by atoms with van der Waals surface area (Å²) in [6, 6.07) is 1.91. The number of aromatic nitrogens is 2. The zero-order valence-corrected chi connectivity index (χ0v) is 15.7. The maximum atomic E-state index is 11.4. The molecule has 1 rings (SSSR count). The molecule has 0 aromatic carbocycles. The van der Waals surface area contributed by atoms with Crippen LogP contribution in [0.4, 0.5) is 0 Å². The second-order valence-corrected chi connectivity index (χ2v) is 4.65. The van der Waals surface area contributed by atoms with Crippen LogP contribution in [0.25, 0.3) is 0 Å². The van der Waals surface area contributed by atoms with Crippen LogP contribution in [0, 0.1) is 0 Å². The number of carbonyl (C=O) groups is 1. The number of aliphatic imine (C=N–C) groups is 1. The molecule has 3 N–H and O–H groups in total. The highest BCUT2D eigenvalue weighted by atomic mass is 127. The Labute approximate surface area is 149 Å². The van der Waals surface area contributed by atoms with Gasteiger partial charge in [0.05, 0.1) is 0 Å². The monoisotopic (exact) mass is 422 g/mol. The van der Waals surface area contributed by atoms with Crippen molar-refractivity contribution >= 4 is 35.8 Å². The first-order valence-electron chi connectivity index (χ1n) is 7.45. The second kappa shape index (κ2) is 13.4. The van der Waals surface area contributed by atoms with Crippen molar-refractivity contribution < 1.29 is 4.79 Å². The van der Waals surface area contributed by atoms with Gasteiger partial charge in [-0.3, -0.25) is 14.5 Å². The number of nitrogens with zero attached hydrogens (tertiary/aromatic N) is 3. The molecule has 126 valence electrons. The van der Waals surface area contributed by atoms with Crippen molar-refractivity contribution in [2.75, 3.05) is 26.7 Å². The fourth-order valence-electron chi connectivity index (χ4n) is 1.75. The zero-order valence-electron chi connectivity index (χ0n) is 13.3. The Hall–Kier alpha value is -1.32. The molecule has 1 aromatic heterocycles. The SMILES string of the molecule is CCCNC(=O)CCNC(=NC)NCCCn1cccn1.I. The van der Waals surface area contributed by atoms with E-state index in [2.05, 4.69) is 26.0 Å². The Morgan fingerprint density at radius 1 is 1.23 bits per heavy atom. The molecule has 7 nitrogen and oxygen atoms in total. The van der Waals surface area contributed by atoms with Gasteiger partial charge in [-0.1, -0.05) is 6.92 Å². The topological polar surface area (TPSA) is 83.3 Å². The van der Waals surface area contributed by atoms with E-state index in [9.17, 15) is 4.79 Å². The van der Waals surface area contributed by atoms with Crippen LogP contribution in [0.2, 0.25) is 0 Å². The molecular formula is C14H27IN6O. The lowest BCUT2D eigenvalue weighted by Crippen LogP contribution is -2.39. The Bertz CT molecular complexity index is 421. The first kappa shape index (κ1) is 20.7. The first-order valence-corrected chi connectivity index (χ1v) is 7.45. The lowest BCUT2D eigenvalue weighted by Gasteiger charge is -2.11. The summed E-state index contributed by atoms with van der Waals surface area (Å²) in [6.07, 6.45) is 6.09. The molecule has 0 saturated heterocycles. The summed E-state index contributed by atoms with van der Waals surface area (Å²) in [5.41, 5.74) is 0. The fraction of sp³-hybridized carbons (Fsp3) is 0.643. The molecule has 0 spiro atoms. The Morgan fingerprint density at radius 3 is 2.64 bits per heavy atom. The largest absolute Gasteiger partial charge is 0.356 e. The summed E-state index contributed by atoms with van der Waals surface area (Å²) in [4.78, 5) is 15.6. The number of aryl methyl sites for hydroxylation is 1. The Kier molecular flexibility index (Phi) is 12.5. The van der Waals surface area contributed by atoms with E-state index in [1.807, 2.05) is 23.9 Å². The highest BCUT2D eigenvalue weighted by Crippen LogP contribution is 1.88. The van der Waals surface area contributed by atoms with Gasteiger partial charge in [0.1, 0.15) is 0 Å². The minimum atomic E-state index is 0. The van der Waals surface area contributed by atoms with E-state index in [0.717, 1.165) is 38.4 Å². The van der Waals surface area contributed by atoms with E-state index < -0.39 is 0 Å². The van der Waals surface area contributed by atoms with Crippen LogP contribution in [0.5, 0.6) is 0 Å². The van der Waals surface area contributed by atoms with Gasteiger partial charge < -0.3 is 16.0 Å². The molecule has 8 heteroatoms. The minimum absolute atomic E-state index is 0. The molecule has 0 saturated carbocycles. The smallest absolute Gasteiger partial charge is 0.221 e. The number of nitrogens with one attached hydrogen (secondary N) is 3. The molecule has 0 aliphatic carbocycles. The number of rotatable bonds is 9. The van der Waals surface area contributed by atoms with Gasteiger partial charge in [0.25, 0.3) is 0 Å². The third kappa shape index (κ3) is 9.59. The fourth-order valence-corrected chi connectivity index (χ4v) is 1.75. The second-order valence-electron chi connectivity index (χ2n) is 4.65. The van der Waals surface area contributed by atoms with Crippen LogP contribution in [0.15, 0.2) is 23.5 Å². The van der Waals surface area contributed by atoms with Gasteiger partial charge in [-0.15, -0.1) is 24.0 Å². The molecule has 1 heterocycles. The third-order valence-electron chi connectivity index (χ3n) is 2.86. The van der Waals surface area contributed by atoms with E-state index >= 15 is 0 Å². The Morgan fingerprint density at radius 2 is 2.00 bits per heavy atom. The van der Waals surface area contributed by atoms with Gasteiger partial charge in [-0.2, -0.15) is 5.10 Å². The molecular weight excluding hydrogens is 395 g/mol. The Balaban J connectivity index is 0.00000441.